The number of aromatic nitrogens is 4. The van der Waals surface area contributed by atoms with E-state index in [1.807, 2.05) is 32.3 Å². The van der Waals surface area contributed by atoms with Crippen LogP contribution in [0.1, 0.15) is 40.5 Å². The molecule has 0 saturated heterocycles. The Morgan fingerprint density at radius 1 is 1.26 bits per heavy atom. The second kappa shape index (κ2) is 6.81. The first-order valence-corrected chi connectivity index (χ1v) is 10.9. The van der Waals surface area contributed by atoms with Crippen molar-refractivity contribution in [3.8, 4) is 0 Å². The summed E-state index contributed by atoms with van der Waals surface area (Å²) in [5, 5.41) is 2.05. The predicted octanol–water partition coefficient (Wildman–Crippen LogP) is 1.96. The van der Waals surface area contributed by atoms with Crippen LogP contribution in [0.25, 0.3) is 11.2 Å². The van der Waals surface area contributed by atoms with Crippen LogP contribution in [0, 0.1) is 17.3 Å². The first kappa shape index (κ1) is 20.2. The van der Waals surface area contributed by atoms with Gasteiger partial charge in [-0.15, -0.1) is 0 Å². The van der Waals surface area contributed by atoms with Gasteiger partial charge in [0.1, 0.15) is 17.1 Å². The smallest absolute Gasteiger partial charge is 0.345 e. The van der Waals surface area contributed by atoms with Gasteiger partial charge in [-0.25, -0.2) is 15.0 Å². The molecule has 0 amide bonds. The number of nitrogens with two attached hydrogens (primary N) is 1. The first-order chi connectivity index (χ1) is 12.5. The number of hydrogen-bond acceptors (Lipinski definition) is 6. The Kier molecular flexibility index (Phi) is 5.10. The average Bonchev–Trinajstić information content (AvgIpc) is 3.18. The number of anilines is 1. The van der Waals surface area contributed by atoms with Gasteiger partial charge in [0.15, 0.2) is 11.5 Å². The Bertz CT molecular complexity index is 863. The van der Waals surface area contributed by atoms with Gasteiger partial charge in [-0.05, 0) is 24.7 Å². The zero-order valence-electron chi connectivity index (χ0n) is 16.3. The minimum absolute atomic E-state index is 0.0719. The summed E-state index contributed by atoms with van der Waals surface area (Å²) in [4.78, 5) is 32.8. The van der Waals surface area contributed by atoms with Gasteiger partial charge in [0, 0.05) is 18.5 Å². The number of hydrogen-bond donors (Lipinski definition) is 4. The molecule has 0 aliphatic heterocycles. The first-order valence-electron chi connectivity index (χ1n) is 9.24. The van der Waals surface area contributed by atoms with E-state index in [1.165, 1.54) is 6.33 Å². The minimum atomic E-state index is -4.36. The Hall–Kier alpha value is -1.54. The Balaban J connectivity index is 1.82. The van der Waals surface area contributed by atoms with Crippen LogP contribution in [-0.2, 0) is 11.1 Å². The fraction of sp³-hybridized carbons (Fsp3) is 0.706. The van der Waals surface area contributed by atoms with Crippen LogP contribution >= 0.6 is 7.60 Å². The van der Waals surface area contributed by atoms with E-state index in [1.54, 1.807) is 6.33 Å². The quantitative estimate of drug-likeness (QED) is 0.497. The summed E-state index contributed by atoms with van der Waals surface area (Å²) in [6, 6.07) is 0. The predicted molar refractivity (Wildman–Crippen MR) is 104 cm³/mol. The number of fused-ring (bicyclic) bond motifs is 1. The van der Waals surface area contributed by atoms with Crippen LogP contribution in [-0.4, -0.2) is 41.1 Å². The molecule has 0 radical (unpaired) electrons. The molecule has 27 heavy (non-hydrogen) atoms. The monoisotopic (exact) mass is 396 g/mol. The van der Waals surface area contributed by atoms with Crippen LogP contribution in [0.4, 0.5) is 5.82 Å². The van der Waals surface area contributed by atoms with E-state index in [0.717, 1.165) is 12.8 Å². The maximum atomic E-state index is 12.4. The number of nitrogens with one attached hydrogen (secondary N) is 1. The number of nitrogens with zero attached hydrogens (tertiary/aromatic N) is 4. The lowest BCUT2D eigenvalue weighted by atomic mass is 9.91. The summed E-state index contributed by atoms with van der Waals surface area (Å²) < 4.78 is 14.3. The van der Waals surface area contributed by atoms with Gasteiger partial charge < -0.3 is 25.4 Å². The fourth-order valence-electron chi connectivity index (χ4n) is 4.12. The molecule has 150 valence electrons. The molecule has 0 atom stereocenters. The molecule has 2 heterocycles. The van der Waals surface area contributed by atoms with Crippen LogP contribution in [0.15, 0.2) is 12.7 Å². The van der Waals surface area contributed by atoms with E-state index in [4.69, 9.17) is 5.73 Å². The SMILES string of the molecule is CC(C)C(NCC1(Cn2cnc3c(N)ncnc32)CC1)(C(C)C)P(=O)(O)O. The number of rotatable bonds is 8. The van der Waals surface area contributed by atoms with Gasteiger partial charge in [0.05, 0.1) is 6.33 Å². The Labute approximate surface area is 159 Å². The van der Waals surface area contributed by atoms with Crippen molar-refractivity contribution in [2.75, 3.05) is 12.3 Å². The van der Waals surface area contributed by atoms with Gasteiger partial charge in [0.25, 0.3) is 0 Å². The normalized spacial score (nSPS) is 17.2. The summed E-state index contributed by atoms with van der Waals surface area (Å²) in [6.45, 7) is 8.61. The zero-order valence-corrected chi connectivity index (χ0v) is 17.1. The highest BCUT2D eigenvalue weighted by Crippen LogP contribution is 2.58. The van der Waals surface area contributed by atoms with Crippen LogP contribution in [0.2, 0.25) is 0 Å². The van der Waals surface area contributed by atoms with Gasteiger partial charge in [-0.2, -0.15) is 0 Å². The second-order valence-electron chi connectivity index (χ2n) is 8.34. The fourth-order valence-corrected chi connectivity index (χ4v) is 5.75. The standard InChI is InChI=1S/C17H29N6O3P/c1-11(2)17(12(3)4,27(24,25)26)22-7-16(5-6-16)8-23-10-21-13-14(18)19-9-20-15(13)23/h9-12,22H,5-8H2,1-4H3,(H2,18,19,20)(H2,24,25,26). The molecule has 1 fully saturated rings. The zero-order chi connectivity index (χ0) is 20.0. The molecule has 2 aromatic rings. The van der Waals surface area contributed by atoms with Gasteiger partial charge in [0.2, 0.25) is 0 Å². The van der Waals surface area contributed by atoms with Crippen molar-refractivity contribution in [3.05, 3.63) is 12.7 Å². The molecule has 1 saturated carbocycles. The molecule has 10 heteroatoms. The summed E-state index contributed by atoms with van der Waals surface area (Å²) in [7, 11) is -4.36. The summed E-state index contributed by atoms with van der Waals surface area (Å²) >= 11 is 0. The third kappa shape index (κ3) is 3.49. The molecule has 0 unspecified atom stereocenters. The van der Waals surface area contributed by atoms with Crippen LogP contribution in [0.5, 0.6) is 0 Å². The van der Waals surface area contributed by atoms with Crippen LogP contribution < -0.4 is 11.1 Å². The summed E-state index contributed by atoms with van der Waals surface area (Å²) in [6.07, 6.45) is 5.09. The lowest BCUT2D eigenvalue weighted by Gasteiger charge is -2.43. The molecular weight excluding hydrogens is 367 g/mol. The van der Waals surface area contributed by atoms with E-state index in [9.17, 15) is 14.4 Å². The minimum Gasteiger partial charge on any atom is -0.382 e. The maximum absolute atomic E-state index is 12.4. The van der Waals surface area contributed by atoms with E-state index < -0.39 is 12.9 Å². The lowest BCUT2D eigenvalue weighted by Crippen LogP contribution is -2.55. The van der Waals surface area contributed by atoms with Crippen molar-refractivity contribution in [1.82, 2.24) is 24.8 Å². The van der Waals surface area contributed by atoms with Crippen molar-refractivity contribution in [1.29, 1.82) is 0 Å². The molecule has 0 aromatic carbocycles. The molecule has 3 rings (SSSR count). The van der Waals surface area contributed by atoms with Crippen molar-refractivity contribution in [3.63, 3.8) is 0 Å². The molecule has 9 nitrogen and oxygen atoms in total. The average molecular weight is 396 g/mol. The van der Waals surface area contributed by atoms with E-state index in [0.29, 0.717) is 30.1 Å². The number of nitrogen functional groups attached to an aromatic ring is 1. The molecule has 5 N–H and O–H groups in total. The number of imidazole rings is 1. The van der Waals surface area contributed by atoms with Crippen molar-refractivity contribution in [2.45, 2.75) is 52.4 Å². The lowest BCUT2D eigenvalue weighted by molar-refractivity contribution is 0.184. The highest BCUT2D eigenvalue weighted by atomic mass is 31.2. The van der Waals surface area contributed by atoms with Crippen molar-refractivity contribution in [2.24, 2.45) is 17.3 Å². The van der Waals surface area contributed by atoms with Crippen molar-refractivity contribution < 1.29 is 14.4 Å². The van der Waals surface area contributed by atoms with Crippen LogP contribution in [0.3, 0.4) is 0 Å². The van der Waals surface area contributed by atoms with Gasteiger partial charge in [-0.3, -0.25) is 4.57 Å². The van der Waals surface area contributed by atoms with E-state index in [2.05, 4.69) is 20.3 Å². The largest absolute Gasteiger partial charge is 0.382 e. The maximum Gasteiger partial charge on any atom is 0.345 e. The van der Waals surface area contributed by atoms with E-state index in [-0.39, 0.29) is 17.3 Å². The van der Waals surface area contributed by atoms with Gasteiger partial charge in [-0.1, -0.05) is 27.7 Å². The molecule has 0 spiro atoms. The third-order valence-corrected chi connectivity index (χ3v) is 8.04. The molecule has 2 aromatic heterocycles. The molecule has 0 bridgehead atoms. The van der Waals surface area contributed by atoms with Gasteiger partial charge >= 0.3 is 7.60 Å². The molecule has 1 aliphatic rings. The Morgan fingerprint density at radius 2 is 1.89 bits per heavy atom. The highest BCUT2D eigenvalue weighted by molar-refractivity contribution is 7.53. The third-order valence-electron chi connectivity index (χ3n) is 5.88. The summed E-state index contributed by atoms with van der Waals surface area (Å²) in [5.41, 5.74) is 7.04. The van der Waals surface area contributed by atoms with Crippen molar-refractivity contribution >= 4 is 24.6 Å². The second-order valence-corrected chi connectivity index (χ2v) is 10.2. The summed E-state index contributed by atoms with van der Waals surface area (Å²) in [5.74, 6) is -0.0756. The highest BCUT2D eigenvalue weighted by Gasteiger charge is 2.54. The Morgan fingerprint density at radius 3 is 2.41 bits per heavy atom. The molecular formula is C17H29N6O3P. The topological polar surface area (TPSA) is 139 Å². The van der Waals surface area contributed by atoms with E-state index >= 15 is 0 Å². The molecule has 1 aliphatic carbocycles.